The summed E-state index contributed by atoms with van der Waals surface area (Å²) in [6.45, 7) is 1.68. The van der Waals surface area contributed by atoms with Crippen LogP contribution in [0.3, 0.4) is 0 Å². The maximum Gasteiger partial charge on any atom is 0.264 e. The summed E-state index contributed by atoms with van der Waals surface area (Å²) in [6.07, 6.45) is 1.10. The fourth-order valence-corrected chi connectivity index (χ4v) is 2.13. The van der Waals surface area contributed by atoms with Crippen LogP contribution in [-0.2, 0) is 30.4 Å². The molecule has 0 saturated carbocycles. The van der Waals surface area contributed by atoms with Crippen LogP contribution in [0.25, 0.3) is 0 Å². The second kappa shape index (κ2) is 6.47. The first-order valence-electron chi connectivity index (χ1n) is 6.12. The highest BCUT2D eigenvalue weighted by Gasteiger charge is 2.33. The van der Waals surface area contributed by atoms with Crippen LogP contribution in [0, 0.1) is 5.92 Å². The summed E-state index contributed by atoms with van der Waals surface area (Å²) in [6, 6.07) is 9.81. The smallest absolute Gasteiger partial charge is 0.264 e. The van der Waals surface area contributed by atoms with Gasteiger partial charge in [0.15, 0.2) is 0 Å². The Morgan fingerprint density at radius 2 is 2.00 bits per heavy atom. The normalized spacial score (nSPS) is 20.2. The highest BCUT2D eigenvalue weighted by atomic mass is 32.2. The van der Waals surface area contributed by atoms with Gasteiger partial charge in [-0.2, -0.15) is 8.42 Å². The number of epoxide rings is 1. The van der Waals surface area contributed by atoms with E-state index in [-0.39, 0.29) is 18.6 Å². The molecule has 1 aliphatic heterocycles. The van der Waals surface area contributed by atoms with Crippen molar-refractivity contribution in [1.82, 2.24) is 0 Å². The Morgan fingerprint density at radius 3 is 2.58 bits per heavy atom. The van der Waals surface area contributed by atoms with E-state index in [0.29, 0.717) is 19.8 Å². The summed E-state index contributed by atoms with van der Waals surface area (Å²) in [5, 5.41) is 0. The molecular weight excluding hydrogens is 268 g/mol. The molecule has 1 saturated heterocycles. The molecule has 1 aliphatic rings. The van der Waals surface area contributed by atoms with Crippen molar-refractivity contribution in [1.29, 1.82) is 0 Å². The minimum Gasteiger partial charge on any atom is -0.376 e. The molecule has 5 nitrogen and oxygen atoms in total. The molecule has 106 valence electrons. The molecule has 2 rings (SSSR count). The maximum atomic E-state index is 11.0. The molecule has 0 amide bonds. The van der Waals surface area contributed by atoms with E-state index in [4.69, 9.17) is 13.7 Å². The Kier molecular flexibility index (Phi) is 4.93. The minimum atomic E-state index is -3.41. The standard InChI is InChI=1S/C13H18O5S/c1-19(14,15)18-9-12(13-10-17-13)8-16-7-11-5-3-2-4-6-11/h2-6,12-13H,7-10H2,1H3/t12-,13+/m0/s1. The minimum absolute atomic E-state index is 0.0431. The Bertz CT molecular complexity index is 481. The molecular formula is C13H18O5S. The Labute approximate surface area is 113 Å². The van der Waals surface area contributed by atoms with Crippen LogP contribution < -0.4 is 0 Å². The van der Waals surface area contributed by atoms with Gasteiger partial charge in [0, 0.05) is 5.92 Å². The van der Waals surface area contributed by atoms with E-state index in [0.717, 1.165) is 11.8 Å². The Balaban J connectivity index is 1.75. The van der Waals surface area contributed by atoms with Crippen LogP contribution in [0.1, 0.15) is 5.56 Å². The molecule has 1 aromatic carbocycles. The van der Waals surface area contributed by atoms with Crippen molar-refractivity contribution in [2.45, 2.75) is 12.7 Å². The molecule has 0 N–H and O–H groups in total. The van der Waals surface area contributed by atoms with Gasteiger partial charge in [-0.05, 0) is 5.56 Å². The zero-order chi connectivity index (χ0) is 13.7. The molecule has 0 aliphatic carbocycles. The van der Waals surface area contributed by atoms with Crippen molar-refractivity contribution >= 4 is 10.1 Å². The molecule has 6 heteroatoms. The highest BCUT2D eigenvalue weighted by molar-refractivity contribution is 7.85. The van der Waals surface area contributed by atoms with E-state index < -0.39 is 10.1 Å². The molecule has 1 aromatic rings. The van der Waals surface area contributed by atoms with Crippen LogP contribution in [0.2, 0.25) is 0 Å². The van der Waals surface area contributed by atoms with Crippen molar-refractivity contribution in [2.24, 2.45) is 5.92 Å². The van der Waals surface area contributed by atoms with E-state index in [1.165, 1.54) is 0 Å². The van der Waals surface area contributed by atoms with Crippen LogP contribution in [0.5, 0.6) is 0 Å². The summed E-state index contributed by atoms with van der Waals surface area (Å²) in [7, 11) is -3.41. The fraction of sp³-hybridized carbons (Fsp3) is 0.538. The number of hydrogen-bond donors (Lipinski definition) is 0. The lowest BCUT2D eigenvalue weighted by Gasteiger charge is -2.14. The first-order chi connectivity index (χ1) is 9.04. The van der Waals surface area contributed by atoms with Gasteiger partial charge in [0.25, 0.3) is 10.1 Å². The van der Waals surface area contributed by atoms with E-state index in [1.807, 2.05) is 30.3 Å². The topological polar surface area (TPSA) is 65.1 Å². The average Bonchev–Trinajstić information content (AvgIpc) is 3.18. The first-order valence-corrected chi connectivity index (χ1v) is 7.94. The third-order valence-corrected chi connectivity index (χ3v) is 3.39. The number of benzene rings is 1. The Morgan fingerprint density at radius 1 is 1.32 bits per heavy atom. The lowest BCUT2D eigenvalue weighted by atomic mass is 10.1. The van der Waals surface area contributed by atoms with Crippen molar-refractivity contribution in [3.8, 4) is 0 Å². The molecule has 2 atom stereocenters. The van der Waals surface area contributed by atoms with Gasteiger partial charge in [0.2, 0.25) is 0 Å². The highest BCUT2D eigenvalue weighted by Crippen LogP contribution is 2.22. The van der Waals surface area contributed by atoms with Gasteiger partial charge in [-0.1, -0.05) is 30.3 Å². The van der Waals surface area contributed by atoms with Gasteiger partial charge in [0.05, 0.1) is 38.8 Å². The maximum absolute atomic E-state index is 11.0. The van der Waals surface area contributed by atoms with Gasteiger partial charge in [-0.25, -0.2) is 0 Å². The van der Waals surface area contributed by atoms with E-state index in [9.17, 15) is 8.42 Å². The summed E-state index contributed by atoms with van der Waals surface area (Å²) in [4.78, 5) is 0. The number of ether oxygens (including phenoxy) is 2. The summed E-state index contributed by atoms with van der Waals surface area (Å²) < 4.78 is 37.5. The summed E-state index contributed by atoms with van der Waals surface area (Å²) in [5.74, 6) is -0.0431. The van der Waals surface area contributed by atoms with Crippen LogP contribution in [0.15, 0.2) is 30.3 Å². The third-order valence-electron chi connectivity index (χ3n) is 2.82. The van der Waals surface area contributed by atoms with E-state index >= 15 is 0 Å². The van der Waals surface area contributed by atoms with Gasteiger partial charge < -0.3 is 9.47 Å². The van der Waals surface area contributed by atoms with Crippen molar-refractivity contribution in [2.75, 3.05) is 26.1 Å². The van der Waals surface area contributed by atoms with Crippen LogP contribution >= 0.6 is 0 Å². The van der Waals surface area contributed by atoms with Crippen molar-refractivity contribution < 1.29 is 22.1 Å². The van der Waals surface area contributed by atoms with Crippen LogP contribution in [0.4, 0.5) is 0 Å². The van der Waals surface area contributed by atoms with Gasteiger partial charge in [-0.3, -0.25) is 4.18 Å². The fourth-order valence-electron chi connectivity index (χ4n) is 1.70. The lowest BCUT2D eigenvalue weighted by Crippen LogP contribution is -2.23. The predicted octanol–water partition coefficient (Wildman–Crippen LogP) is 1.19. The molecule has 0 aromatic heterocycles. The molecule has 0 spiro atoms. The van der Waals surface area contributed by atoms with E-state index in [2.05, 4.69) is 0 Å². The molecule has 19 heavy (non-hydrogen) atoms. The monoisotopic (exact) mass is 286 g/mol. The SMILES string of the molecule is CS(=O)(=O)OC[C@H](COCc1ccccc1)[C@H]1CO1. The second-order valence-electron chi connectivity index (χ2n) is 4.62. The van der Waals surface area contributed by atoms with E-state index in [1.54, 1.807) is 0 Å². The average molecular weight is 286 g/mol. The van der Waals surface area contributed by atoms with Crippen LogP contribution in [-0.4, -0.2) is 40.6 Å². The molecule has 0 unspecified atom stereocenters. The number of rotatable bonds is 8. The molecule has 1 heterocycles. The predicted molar refractivity (Wildman–Crippen MR) is 70.1 cm³/mol. The summed E-state index contributed by atoms with van der Waals surface area (Å²) in [5.41, 5.74) is 1.09. The second-order valence-corrected chi connectivity index (χ2v) is 6.27. The first kappa shape index (κ1) is 14.5. The van der Waals surface area contributed by atoms with Gasteiger partial charge in [0.1, 0.15) is 0 Å². The largest absolute Gasteiger partial charge is 0.376 e. The van der Waals surface area contributed by atoms with Gasteiger partial charge in [-0.15, -0.1) is 0 Å². The quantitative estimate of drug-likeness (QED) is 0.530. The third kappa shape index (κ3) is 5.69. The van der Waals surface area contributed by atoms with Crippen molar-refractivity contribution in [3.63, 3.8) is 0 Å². The van der Waals surface area contributed by atoms with Crippen molar-refractivity contribution in [3.05, 3.63) is 35.9 Å². The van der Waals surface area contributed by atoms with Gasteiger partial charge >= 0.3 is 0 Å². The lowest BCUT2D eigenvalue weighted by molar-refractivity contribution is 0.0576. The molecule has 1 fully saturated rings. The Hall–Kier alpha value is -0.950. The zero-order valence-electron chi connectivity index (χ0n) is 10.8. The zero-order valence-corrected chi connectivity index (χ0v) is 11.6. The summed E-state index contributed by atoms with van der Waals surface area (Å²) >= 11 is 0. The number of hydrogen-bond acceptors (Lipinski definition) is 5. The molecule has 0 bridgehead atoms. The molecule has 0 radical (unpaired) electrons.